The van der Waals surface area contributed by atoms with Crippen LogP contribution in [-0.2, 0) is 54.5 Å². The molecule has 0 aromatic carbocycles. The second kappa shape index (κ2) is 11.7. The van der Waals surface area contributed by atoms with Crippen molar-refractivity contribution in [3.05, 3.63) is 0 Å². The molecule has 31 heteroatoms. The lowest BCUT2D eigenvalue weighted by Gasteiger charge is -2.52. The van der Waals surface area contributed by atoms with E-state index in [1.165, 1.54) is 0 Å². The van der Waals surface area contributed by atoms with E-state index in [9.17, 15) is 86.1 Å². The summed E-state index contributed by atoms with van der Waals surface area (Å²) in [6.45, 7) is 0. The minimum atomic E-state index is -6.16. The molecule has 0 saturated heterocycles. The molecule has 1 rings (SSSR count). The Morgan fingerprint density at radius 3 is 0.892 bits per heavy atom. The van der Waals surface area contributed by atoms with Crippen LogP contribution in [0.4, 0.5) is 0 Å². The maximum atomic E-state index is 11.6. The van der Waals surface area contributed by atoms with Crippen molar-refractivity contribution in [1.82, 2.24) is 0 Å². The van der Waals surface area contributed by atoms with Gasteiger partial charge in [0.25, 0.3) is 0 Å². The Labute approximate surface area is 208 Å². The molecule has 0 radical (unpaired) electrons. The Morgan fingerprint density at radius 1 is 0.432 bits per heavy atom. The molecule has 12 N–H and O–H groups in total. The molecule has 1 saturated carbocycles. The maximum Gasteiger partial charge on any atom is 0.471 e. The number of thiol groups is 1. The normalized spacial score (nSPS) is 30.9. The smallest absolute Gasteiger partial charge is 0.303 e. The van der Waals surface area contributed by atoms with Gasteiger partial charge < -0.3 is 58.7 Å². The molecule has 0 heterocycles. The highest BCUT2D eigenvalue weighted by atomic mass is 32.1. The van der Waals surface area contributed by atoms with E-state index in [4.69, 9.17) is 0 Å². The second-order valence-corrected chi connectivity index (χ2v) is 14.4. The van der Waals surface area contributed by atoms with Gasteiger partial charge in [-0.15, -0.1) is 12.6 Å². The van der Waals surface area contributed by atoms with Gasteiger partial charge in [0.2, 0.25) is 0 Å². The van der Waals surface area contributed by atoms with Crippen LogP contribution in [0.15, 0.2) is 0 Å². The maximum absolute atomic E-state index is 11.6. The number of phosphoric ester groups is 6. The topological polar surface area (TPSA) is 401 Å². The third-order valence-corrected chi connectivity index (χ3v) is 7.45. The van der Waals surface area contributed by atoms with Crippen molar-refractivity contribution in [3.8, 4) is 0 Å². The molecule has 37 heavy (non-hydrogen) atoms. The quantitative estimate of drug-likeness (QED) is 0.0555. The van der Waals surface area contributed by atoms with Crippen LogP contribution in [0.2, 0.25) is 0 Å². The van der Waals surface area contributed by atoms with E-state index in [1.54, 1.807) is 0 Å². The zero-order valence-electron chi connectivity index (χ0n) is 16.8. The molecule has 24 nitrogen and oxygen atoms in total. The molecule has 1 aliphatic rings. The van der Waals surface area contributed by atoms with Crippen LogP contribution in [0.3, 0.4) is 0 Å². The first-order valence-electron chi connectivity index (χ1n) is 8.11. The molecule has 1 aliphatic carbocycles. The van der Waals surface area contributed by atoms with E-state index in [0.29, 0.717) is 0 Å². The van der Waals surface area contributed by atoms with Crippen molar-refractivity contribution in [3.63, 3.8) is 0 Å². The number of phosphoric acid groups is 6. The third-order valence-electron chi connectivity index (χ3n) is 3.60. The van der Waals surface area contributed by atoms with E-state index in [-0.39, 0.29) is 0 Å². The minimum Gasteiger partial charge on any atom is -0.303 e. The fourth-order valence-corrected chi connectivity index (χ4v) is 7.12. The molecule has 0 bridgehead atoms. The number of hydrogen-bond acceptors (Lipinski definition) is 13. The van der Waals surface area contributed by atoms with Gasteiger partial charge in [-0.25, -0.2) is 27.4 Å². The molecule has 1 fully saturated rings. The van der Waals surface area contributed by atoms with E-state index in [1.807, 2.05) is 0 Å². The van der Waals surface area contributed by atoms with Gasteiger partial charge in [0, 0.05) is 0 Å². The van der Waals surface area contributed by atoms with E-state index in [0.717, 1.165) is 0 Å². The predicted molar refractivity (Wildman–Crippen MR) is 109 cm³/mol. The first-order chi connectivity index (χ1) is 15.9. The lowest BCUT2D eigenvalue weighted by Crippen LogP contribution is -2.71. The van der Waals surface area contributed by atoms with Crippen molar-refractivity contribution in [2.45, 2.75) is 35.5 Å². The molecule has 0 aromatic heterocycles. The van der Waals surface area contributed by atoms with Gasteiger partial charge in [0.15, 0.2) is 4.93 Å². The van der Waals surface area contributed by atoms with Gasteiger partial charge >= 0.3 is 46.9 Å². The Kier molecular flexibility index (Phi) is 11.4. The molecule has 0 aliphatic heterocycles. The van der Waals surface area contributed by atoms with Gasteiger partial charge in [-0.1, -0.05) is 0 Å². The minimum absolute atomic E-state index is 3.21. The lowest BCUT2D eigenvalue weighted by molar-refractivity contribution is -0.213. The summed E-state index contributed by atoms with van der Waals surface area (Å²) in [5.41, 5.74) is 0. The SMILES string of the molecule is O=P(O)(O)OC1[C@@H](OP(=O)(O)O)[C@H](OP(=O)(O)O)C(S)(OP(=O)(O)O)[C@@H](OP(=O)(O)O)[C@H]1OP(=O)(O)O. The highest BCUT2D eigenvalue weighted by molar-refractivity contribution is 7.82. The summed E-state index contributed by atoms with van der Waals surface area (Å²) in [4.78, 5) is 107. The first-order valence-corrected chi connectivity index (χ1v) is 17.7. The Hall–Kier alpha value is 1.01. The highest BCUT2D eigenvalue weighted by Crippen LogP contribution is 2.61. The van der Waals surface area contributed by atoms with Crippen molar-refractivity contribution >= 4 is 59.6 Å². The lowest BCUT2D eigenvalue weighted by atomic mass is 9.84. The first kappa shape index (κ1) is 36.0. The summed E-state index contributed by atoms with van der Waals surface area (Å²) in [6.07, 6.45) is -16.4. The standard InChI is InChI=1S/C6H18O24P6S/c7-31(8,9)25-1-2(26-32(10,11)12)4(28-34(16,17)18)6(37,30-36(22,23)24)5(29-35(19,20)21)3(1)27-33(13,14)15/h1-5,37H,(H2,7,8,9)(H2,10,11,12)(H2,13,14,15)(H2,16,17,18)(H2,19,20,21)(H2,22,23,24)/t1?,2-,3+,4-,5-,6?/m0/s1. The van der Waals surface area contributed by atoms with E-state index < -0.39 is 82.4 Å². The molecule has 6 atom stereocenters. The van der Waals surface area contributed by atoms with Crippen molar-refractivity contribution in [2.75, 3.05) is 0 Å². The van der Waals surface area contributed by atoms with Crippen LogP contribution in [0.1, 0.15) is 0 Å². The van der Waals surface area contributed by atoms with Gasteiger partial charge in [0.05, 0.1) is 0 Å². The Morgan fingerprint density at radius 2 is 0.676 bits per heavy atom. The highest BCUT2D eigenvalue weighted by Gasteiger charge is 2.69. The van der Waals surface area contributed by atoms with Gasteiger partial charge in [-0.2, -0.15) is 0 Å². The molecule has 222 valence electrons. The summed E-state index contributed by atoms with van der Waals surface area (Å²) in [6, 6.07) is 0. The zero-order chi connectivity index (χ0) is 29.6. The largest absolute Gasteiger partial charge is 0.471 e. The van der Waals surface area contributed by atoms with Crippen LogP contribution in [0.5, 0.6) is 0 Å². The molecule has 0 spiro atoms. The molecular weight excluding hydrogens is 674 g/mol. The van der Waals surface area contributed by atoms with Crippen LogP contribution >= 0.6 is 59.6 Å². The van der Waals surface area contributed by atoms with E-state index >= 15 is 0 Å². The van der Waals surface area contributed by atoms with Crippen LogP contribution in [0.25, 0.3) is 0 Å². The van der Waals surface area contributed by atoms with Crippen LogP contribution < -0.4 is 0 Å². The van der Waals surface area contributed by atoms with Gasteiger partial charge in [0.1, 0.15) is 30.5 Å². The number of rotatable bonds is 12. The van der Waals surface area contributed by atoms with Gasteiger partial charge in [-0.3, -0.25) is 27.1 Å². The van der Waals surface area contributed by atoms with Crippen LogP contribution in [-0.4, -0.2) is 94.2 Å². The molecule has 2 unspecified atom stereocenters. The zero-order valence-corrected chi connectivity index (χ0v) is 23.0. The fourth-order valence-electron chi connectivity index (χ4n) is 2.85. The summed E-state index contributed by atoms with van der Waals surface area (Å²) >= 11 is 3.46. The van der Waals surface area contributed by atoms with Crippen molar-refractivity contribution in [1.29, 1.82) is 0 Å². The predicted octanol–water partition coefficient (Wildman–Crippen LogP) is -2.88. The Bertz CT molecular complexity index is 1040. The fraction of sp³-hybridized carbons (Fsp3) is 1.00. The van der Waals surface area contributed by atoms with Crippen LogP contribution in [0, 0.1) is 0 Å². The van der Waals surface area contributed by atoms with Crippen molar-refractivity contribution < 1.29 is 113 Å². The summed E-state index contributed by atoms with van der Waals surface area (Å²) in [5, 5.41) is 0. The van der Waals surface area contributed by atoms with Gasteiger partial charge in [-0.05, 0) is 0 Å². The molecular formula is C6H18O24P6S. The van der Waals surface area contributed by atoms with Crippen molar-refractivity contribution in [2.24, 2.45) is 0 Å². The second-order valence-electron chi connectivity index (χ2n) is 6.55. The average Bonchev–Trinajstić information content (AvgIpc) is 2.52. The molecule has 0 aromatic rings. The summed E-state index contributed by atoms with van der Waals surface area (Å²) in [5.74, 6) is 0. The molecule has 0 amide bonds. The monoisotopic (exact) mass is 692 g/mol. The number of hydrogen-bond donors (Lipinski definition) is 13. The third kappa shape index (κ3) is 12.6. The summed E-state index contributed by atoms with van der Waals surface area (Å²) in [7, 11) is -36.6. The average molecular weight is 692 g/mol. The van der Waals surface area contributed by atoms with E-state index in [2.05, 4.69) is 39.8 Å². The Balaban J connectivity index is 4.19. The summed E-state index contributed by atoms with van der Waals surface area (Å²) < 4.78 is 93.9.